The fourth-order valence-corrected chi connectivity index (χ4v) is 4.52. The number of aliphatic hydroxyl groups excluding tert-OH is 1. The molecule has 3 aliphatic rings. The van der Waals surface area contributed by atoms with Crippen molar-refractivity contribution in [3.8, 4) is 11.5 Å². The van der Waals surface area contributed by atoms with Crippen molar-refractivity contribution in [3.63, 3.8) is 0 Å². The molecule has 0 saturated carbocycles. The maximum absolute atomic E-state index is 10.9. The van der Waals surface area contributed by atoms with Gasteiger partial charge in [0.15, 0.2) is 0 Å². The highest BCUT2D eigenvalue weighted by molar-refractivity contribution is 5.46. The number of aliphatic hydroxyl groups is 1. The van der Waals surface area contributed by atoms with Crippen molar-refractivity contribution in [3.05, 3.63) is 59.2 Å². The van der Waals surface area contributed by atoms with Crippen molar-refractivity contribution in [2.75, 3.05) is 33.9 Å². The molecule has 1 unspecified atom stereocenters. The van der Waals surface area contributed by atoms with E-state index in [9.17, 15) is 5.11 Å². The Morgan fingerprint density at radius 3 is 2.08 bits per heavy atom. The smallest absolute Gasteiger partial charge is 0.122 e. The molecule has 0 aliphatic carbocycles. The lowest BCUT2D eigenvalue weighted by Crippen LogP contribution is -2.50. The van der Waals surface area contributed by atoms with Crippen LogP contribution in [0, 0.1) is 0 Å². The SMILES string of the molecule is COc1ccc(C(O)c2ccc(OC)c(C34CCN(CC3)CC4)c2)cc1. The standard InChI is InChI=1S/C22H27NO3/c1-25-18-6-3-16(4-7-18)21(24)17-5-8-20(26-2)19(15-17)22-9-12-23(13-10-22)14-11-22/h3-8,15,21,24H,9-14H2,1-2H3. The van der Waals surface area contributed by atoms with Crippen molar-refractivity contribution in [2.45, 2.75) is 30.8 Å². The molecule has 0 spiro atoms. The van der Waals surface area contributed by atoms with E-state index >= 15 is 0 Å². The maximum Gasteiger partial charge on any atom is 0.122 e. The van der Waals surface area contributed by atoms with Gasteiger partial charge < -0.3 is 19.5 Å². The first-order chi connectivity index (χ1) is 12.6. The summed E-state index contributed by atoms with van der Waals surface area (Å²) in [5.74, 6) is 1.75. The Bertz CT molecular complexity index is 750. The molecule has 3 aliphatic heterocycles. The minimum absolute atomic E-state index is 0.190. The molecule has 3 heterocycles. The summed E-state index contributed by atoms with van der Waals surface area (Å²) in [5, 5.41) is 10.9. The lowest BCUT2D eigenvalue weighted by atomic mass is 9.67. The molecule has 4 nitrogen and oxygen atoms in total. The Hall–Kier alpha value is -2.04. The van der Waals surface area contributed by atoms with Crippen LogP contribution in [0.1, 0.15) is 42.1 Å². The molecule has 1 N–H and O–H groups in total. The van der Waals surface area contributed by atoms with Crippen LogP contribution in [0.4, 0.5) is 0 Å². The number of fused-ring (bicyclic) bond motifs is 3. The molecule has 3 saturated heterocycles. The fourth-order valence-electron chi connectivity index (χ4n) is 4.52. The summed E-state index contributed by atoms with van der Waals surface area (Å²) in [4.78, 5) is 2.55. The third-order valence-electron chi connectivity index (χ3n) is 6.26. The van der Waals surface area contributed by atoms with E-state index in [2.05, 4.69) is 11.0 Å². The lowest BCUT2D eigenvalue weighted by Gasteiger charge is -2.49. The maximum atomic E-state index is 10.9. The molecule has 2 bridgehead atoms. The number of hydrogen-bond donors (Lipinski definition) is 1. The quantitative estimate of drug-likeness (QED) is 0.893. The average molecular weight is 353 g/mol. The van der Waals surface area contributed by atoms with E-state index in [-0.39, 0.29) is 5.41 Å². The molecular formula is C22H27NO3. The number of hydrogen-bond acceptors (Lipinski definition) is 4. The van der Waals surface area contributed by atoms with E-state index in [1.807, 2.05) is 36.4 Å². The van der Waals surface area contributed by atoms with Gasteiger partial charge in [0, 0.05) is 11.0 Å². The Labute approximate surface area is 155 Å². The van der Waals surface area contributed by atoms with Crippen LogP contribution < -0.4 is 9.47 Å². The van der Waals surface area contributed by atoms with Crippen molar-refractivity contribution in [1.82, 2.24) is 4.90 Å². The molecule has 0 radical (unpaired) electrons. The molecule has 0 aromatic heterocycles. The van der Waals surface area contributed by atoms with Gasteiger partial charge in [-0.3, -0.25) is 0 Å². The topological polar surface area (TPSA) is 41.9 Å². The zero-order valence-corrected chi connectivity index (χ0v) is 15.6. The Kier molecular flexibility index (Phi) is 4.63. The van der Waals surface area contributed by atoms with Crippen LogP contribution in [0.25, 0.3) is 0 Å². The molecule has 5 rings (SSSR count). The third kappa shape index (κ3) is 2.97. The monoisotopic (exact) mass is 353 g/mol. The number of piperidine rings is 3. The van der Waals surface area contributed by atoms with Gasteiger partial charge in [-0.05, 0) is 74.3 Å². The summed E-state index contributed by atoms with van der Waals surface area (Å²) in [5.41, 5.74) is 3.26. The first-order valence-corrected chi connectivity index (χ1v) is 9.38. The average Bonchev–Trinajstić information content (AvgIpc) is 2.74. The van der Waals surface area contributed by atoms with Crippen molar-refractivity contribution in [1.29, 1.82) is 0 Å². The predicted octanol–water partition coefficient (Wildman–Crippen LogP) is 3.52. The van der Waals surface area contributed by atoms with Gasteiger partial charge >= 0.3 is 0 Å². The van der Waals surface area contributed by atoms with Crippen LogP contribution in [-0.2, 0) is 5.41 Å². The normalized spacial score (nSPS) is 25.7. The molecule has 2 aromatic rings. The van der Waals surface area contributed by atoms with E-state index in [1.54, 1.807) is 14.2 Å². The first kappa shape index (κ1) is 17.4. The van der Waals surface area contributed by atoms with Gasteiger partial charge in [0.25, 0.3) is 0 Å². The second-order valence-corrected chi connectivity index (χ2v) is 7.51. The molecule has 26 heavy (non-hydrogen) atoms. The highest BCUT2D eigenvalue weighted by Gasteiger charge is 2.42. The Morgan fingerprint density at radius 2 is 1.50 bits per heavy atom. The number of benzene rings is 2. The fraction of sp³-hybridized carbons (Fsp3) is 0.455. The molecule has 2 aromatic carbocycles. The van der Waals surface area contributed by atoms with Gasteiger partial charge in [-0.15, -0.1) is 0 Å². The first-order valence-electron chi connectivity index (χ1n) is 9.38. The number of methoxy groups -OCH3 is 2. The van der Waals surface area contributed by atoms with E-state index < -0.39 is 6.10 Å². The van der Waals surface area contributed by atoms with Gasteiger partial charge in [-0.25, -0.2) is 0 Å². The molecule has 4 heteroatoms. The summed E-state index contributed by atoms with van der Waals surface area (Å²) in [6, 6.07) is 13.8. The Balaban J connectivity index is 1.69. The van der Waals surface area contributed by atoms with E-state index in [0.29, 0.717) is 0 Å². The molecular weight excluding hydrogens is 326 g/mol. The van der Waals surface area contributed by atoms with Crippen LogP contribution in [0.3, 0.4) is 0 Å². The summed E-state index contributed by atoms with van der Waals surface area (Å²) in [6.07, 6.45) is 2.87. The van der Waals surface area contributed by atoms with Crippen LogP contribution in [0.2, 0.25) is 0 Å². The zero-order chi connectivity index (χ0) is 18.1. The lowest BCUT2D eigenvalue weighted by molar-refractivity contribution is 0.0799. The summed E-state index contributed by atoms with van der Waals surface area (Å²) in [7, 11) is 3.39. The van der Waals surface area contributed by atoms with Gasteiger partial charge in [0.1, 0.15) is 17.6 Å². The summed E-state index contributed by atoms with van der Waals surface area (Å²) in [6.45, 7) is 3.48. The summed E-state index contributed by atoms with van der Waals surface area (Å²) < 4.78 is 10.9. The molecule has 3 fully saturated rings. The third-order valence-corrected chi connectivity index (χ3v) is 6.26. The van der Waals surface area contributed by atoms with Gasteiger partial charge in [0.2, 0.25) is 0 Å². The van der Waals surface area contributed by atoms with Crippen molar-refractivity contribution >= 4 is 0 Å². The van der Waals surface area contributed by atoms with Crippen LogP contribution in [0.5, 0.6) is 11.5 Å². The number of nitrogens with zero attached hydrogens (tertiary/aromatic N) is 1. The molecule has 1 atom stereocenters. The number of ether oxygens (including phenoxy) is 2. The second kappa shape index (κ2) is 6.93. The van der Waals surface area contributed by atoms with E-state index in [4.69, 9.17) is 9.47 Å². The Morgan fingerprint density at radius 1 is 0.885 bits per heavy atom. The molecule has 0 amide bonds. The van der Waals surface area contributed by atoms with Gasteiger partial charge in [-0.2, -0.15) is 0 Å². The van der Waals surface area contributed by atoms with Crippen LogP contribution >= 0.6 is 0 Å². The predicted molar refractivity (Wildman–Crippen MR) is 102 cm³/mol. The van der Waals surface area contributed by atoms with Crippen molar-refractivity contribution < 1.29 is 14.6 Å². The van der Waals surface area contributed by atoms with Gasteiger partial charge in [-0.1, -0.05) is 18.2 Å². The van der Waals surface area contributed by atoms with Crippen LogP contribution in [0.15, 0.2) is 42.5 Å². The highest BCUT2D eigenvalue weighted by Crippen LogP contribution is 2.47. The van der Waals surface area contributed by atoms with Crippen LogP contribution in [-0.4, -0.2) is 43.9 Å². The summed E-state index contributed by atoms with van der Waals surface area (Å²) >= 11 is 0. The van der Waals surface area contributed by atoms with E-state index in [0.717, 1.165) is 42.3 Å². The highest BCUT2D eigenvalue weighted by atomic mass is 16.5. The van der Waals surface area contributed by atoms with Gasteiger partial charge in [0.05, 0.1) is 14.2 Å². The minimum atomic E-state index is -0.648. The minimum Gasteiger partial charge on any atom is -0.497 e. The zero-order valence-electron chi connectivity index (χ0n) is 15.6. The van der Waals surface area contributed by atoms with Crippen molar-refractivity contribution in [2.24, 2.45) is 0 Å². The van der Waals surface area contributed by atoms with E-state index in [1.165, 1.54) is 24.8 Å². The largest absolute Gasteiger partial charge is 0.497 e. The number of rotatable bonds is 5. The molecule has 138 valence electrons. The second-order valence-electron chi connectivity index (χ2n) is 7.51.